The minimum atomic E-state index is 0. The Morgan fingerprint density at radius 3 is 1.63 bits per heavy atom. The number of aromatic amines is 1. The van der Waals surface area contributed by atoms with Crippen molar-refractivity contribution >= 4 is 11.9 Å². The highest BCUT2D eigenvalue weighted by Crippen LogP contribution is 2.32. The number of rotatable bonds is 0. The van der Waals surface area contributed by atoms with E-state index in [0.29, 0.717) is 5.41 Å². The number of imidazole rings is 1. The van der Waals surface area contributed by atoms with Crippen LogP contribution in [0.25, 0.3) is 0 Å². The lowest BCUT2D eigenvalue weighted by Crippen LogP contribution is -2.12. The second kappa shape index (κ2) is 23.0. The molecule has 1 N–H and O–H groups in total. The normalized spacial score (nSPS) is 12.7. The predicted octanol–water partition coefficient (Wildman–Crippen LogP) is 15.4. The minimum absolute atomic E-state index is 0. The van der Waals surface area contributed by atoms with Crippen LogP contribution in [0.3, 0.4) is 0 Å². The van der Waals surface area contributed by atoms with Gasteiger partial charge in [0.15, 0.2) is 0 Å². The fraction of sp³-hybridized carbons (Fsp3) is 0.531. The van der Waals surface area contributed by atoms with Gasteiger partial charge < -0.3 is 9.40 Å². The Bertz CT molecular complexity index is 1580. The highest BCUT2D eigenvalue weighted by molar-refractivity contribution is 5.76. The molecule has 0 unspecified atom stereocenters. The number of pyridine rings is 1. The molecule has 5 nitrogen and oxygen atoms in total. The van der Waals surface area contributed by atoms with Gasteiger partial charge in [-0.05, 0) is 58.7 Å². The Labute approximate surface area is 334 Å². The summed E-state index contributed by atoms with van der Waals surface area (Å²) in [5, 5.41) is 0. The number of hydrogen-bond acceptors (Lipinski definition) is 4. The van der Waals surface area contributed by atoms with Crippen LogP contribution < -0.4 is 0 Å². The van der Waals surface area contributed by atoms with Crippen LogP contribution in [0.2, 0.25) is 0 Å². The Balaban J connectivity index is -0.000000596. The van der Waals surface area contributed by atoms with E-state index in [1.54, 1.807) is 18.2 Å². The standard InChI is InChI=1S/C12H15N.C9H13N.C9H14.C8H12O.C7H12N2.4CH4/c1-12(2,3)10-5-4-9-6-7-13-11(9)8-10;1-9(2,3)8-6-4-5-7-10-8;1-9(2,3)8-6-4-5-7-8;1-8(2,3)7-5-4-6-9-7;1-7(2,3)6-4-8-5-9-6;;;;/h4-5,7-8H,6H2,1-3H3;4-7H,1-3H3;4-6H,7H2,1-3H3;4-6H,1-3H3;4-5H,1-3H3,(H,8,9);4*1H4. The van der Waals surface area contributed by atoms with Crippen LogP contribution in [-0.4, -0.2) is 21.2 Å². The molecule has 6 rings (SSSR count). The van der Waals surface area contributed by atoms with Gasteiger partial charge in [-0.3, -0.25) is 9.98 Å². The molecule has 0 saturated heterocycles. The summed E-state index contributed by atoms with van der Waals surface area (Å²) in [6.45, 7) is 32.8. The second-order valence-corrected chi connectivity index (χ2v) is 18.1. The fourth-order valence-electron chi connectivity index (χ4n) is 4.75. The average molecular weight is 743 g/mol. The molecule has 54 heavy (non-hydrogen) atoms. The molecule has 1 aliphatic carbocycles. The van der Waals surface area contributed by atoms with Crippen molar-refractivity contribution in [3.63, 3.8) is 0 Å². The molecule has 5 heteroatoms. The maximum absolute atomic E-state index is 5.20. The quantitative estimate of drug-likeness (QED) is 0.195. The van der Waals surface area contributed by atoms with Gasteiger partial charge in [0.25, 0.3) is 0 Å². The molecule has 0 atom stereocenters. The molecule has 3 aromatic heterocycles. The number of H-pyrrole nitrogens is 1. The van der Waals surface area contributed by atoms with E-state index in [2.05, 4.69) is 166 Å². The van der Waals surface area contributed by atoms with E-state index in [1.807, 2.05) is 42.9 Å². The van der Waals surface area contributed by atoms with Gasteiger partial charge in [0.2, 0.25) is 0 Å². The van der Waals surface area contributed by atoms with E-state index in [4.69, 9.17) is 4.42 Å². The van der Waals surface area contributed by atoms with Gasteiger partial charge in [0.05, 0.1) is 18.3 Å². The van der Waals surface area contributed by atoms with Crippen LogP contribution in [0.15, 0.2) is 107 Å². The van der Waals surface area contributed by atoms with E-state index in [0.717, 1.165) is 30.0 Å². The number of furan rings is 1. The van der Waals surface area contributed by atoms with Gasteiger partial charge >= 0.3 is 0 Å². The molecule has 0 amide bonds. The molecular weight excluding hydrogens is 661 g/mol. The molecule has 0 bridgehead atoms. The first kappa shape index (κ1) is 54.4. The van der Waals surface area contributed by atoms with Gasteiger partial charge in [-0.1, -0.05) is 176 Å². The van der Waals surface area contributed by atoms with Gasteiger partial charge in [-0.25, -0.2) is 4.98 Å². The highest BCUT2D eigenvalue weighted by atomic mass is 16.3. The van der Waals surface area contributed by atoms with Crippen molar-refractivity contribution in [2.24, 2.45) is 10.4 Å². The van der Waals surface area contributed by atoms with Crippen molar-refractivity contribution in [1.82, 2.24) is 15.0 Å². The van der Waals surface area contributed by atoms with E-state index in [9.17, 15) is 0 Å². The Morgan fingerprint density at radius 1 is 0.648 bits per heavy atom. The minimum Gasteiger partial charge on any atom is -0.469 e. The third-order valence-electron chi connectivity index (χ3n) is 8.23. The van der Waals surface area contributed by atoms with Crippen molar-refractivity contribution in [3.8, 4) is 0 Å². The number of hydrogen-bond donors (Lipinski definition) is 1. The molecule has 304 valence electrons. The maximum Gasteiger partial charge on any atom is 0.109 e. The molecule has 0 fully saturated rings. The van der Waals surface area contributed by atoms with Gasteiger partial charge in [-0.2, -0.15) is 0 Å². The lowest BCUT2D eigenvalue weighted by Gasteiger charge is -2.19. The average Bonchev–Trinajstić information content (AvgIpc) is 3.84. The summed E-state index contributed by atoms with van der Waals surface area (Å²) in [6.07, 6.45) is 17.8. The molecular formula is C49H82N4O. The molecule has 0 radical (unpaired) electrons. The number of nitrogens with one attached hydrogen (secondary N) is 1. The highest BCUT2D eigenvalue weighted by Gasteiger charge is 2.18. The zero-order chi connectivity index (χ0) is 37.8. The molecule has 2 aliphatic rings. The summed E-state index contributed by atoms with van der Waals surface area (Å²) < 4.78 is 5.20. The van der Waals surface area contributed by atoms with Gasteiger partial charge in [0.1, 0.15) is 5.76 Å². The van der Waals surface area contributed by atoms with Crippen molar-refractivity contribution in [3.05, 3.63) is 126 Å². The van der Waals surface area contributed by atoms with Crippen molar-refractivity contribution in [2.75, 3.05) is 0 Å². The van der Waals surface area contributed by atoms with E-state index in [-0.39, 0.29) is 51.4 Å². The molecule has 4 aromatic rings. The number of nitrogens with zero attached hydrogens (tertiary/aromatic N) is 3. The summed E-state index contributed by atoms with van der Waals surface area (Å²) >= 11 is 0. The Kier molecular flexibility index (Phi) is 23.2. The third kappa shape index (κ3) is 19.4. The molecule has 1 aliphatic heterocycles. The van der Waals surface area contributed by atoms with Crippen LogP contribution in [0.4, 0.5) is 5.69 Å². The summed E-state index contributed by atoms with van der Waals surface area (Å²) in [5.74, 6) is 1.04. The number of aromatic nitrogens is 3. The fourth-order valence-corrected chi connectivity index (χ4v) is 4.75. The van der Waals surface area contributed by atoms with Gasteiger partial charge in [-0.15, -0.1) is 0 Å². The van der Waals surface area contributed by atoms with E-state index in [1.165, 1.54) is 16.8 Å². The van der Waals surface area contributed by atoms with Crippen molar-refractivity contribution < 1.29 is 4.42 Å². The summed E-state index contributed by atoms with van der Waals surface area (Å²) in [7, 11) is 0. The second-order valence-electron chi connectivity index (χ2n) is 18.1. The smallest absolute Gasteiger partial charge is 0.109 e. The number of fused-ring (bicyclic) bond motifs is 1. The Morgan fingerprint density at radius 2 is 1.30 bits per heavy atom. The summed E-state index contributed by atoms with van der Waals surface area (Å²) in [5.41, 5.74) is 8.91. The van der Waals surface area contributed by atoms with Crippen LogP contribution in [0.1, 0.15) is 168 Å². The summed E-state index contributed by atoms with van der Waals surface area (Å²) in [4.78, 5) is 15.6. The van der Waals surface area contributed by atoms with E-state index >= 15 is 0 Å². The van der Waals surface area contributed by atoms with Crippen molar-refractivity contribution in [1.29, 1.82) is 0 Å². The lowest BCUT2D eigenvalue weighted by atomic mass is 9.86. The zero-order valence-corrected chi connectivity index (χ0v) is 33.9. The van der Waals surface area contributed by atoms with Crippen LogP contribution >= 0.6 is 0 Å². The Hall–Kier alpha value is -3.99. The zero-order valence-electron chi connectivity index (χ0n) is 33.9. The molecule has 0 spiro atoms. The van der Waals surface area contributed by atoms with Crippen molar-refractivity contribution in [2.45, 2.75) is 168 Å². The maximum atomic E-state index is 5.20. The van der Waals surface area contributed by atoms with Crippen LogP contribution in [-0.2, 0) is 28.1 Å². The third-order valence-corrected chi connectivity index (χ3v) is 8.23. The first-order chi connectivity index (χ1) is 23.0. The predicted molar refractivity (Wildman–Crippen MR) is 243 cm³/mol. The summed E-state index contributed by atoms with van der Waals surface area (Å²) in [6, 6.07) is 16.6. The number of aliphatic imine (C=N–C) groups is 1. The monoisotopic (exact) mass is 743 g/mol. The molecule has 0 saturated carbocycles. The number of allylic oxidation sites excluding steroid dienone is 4. The van der Waals surface area contributed by atoms with Gasteiger partial charge in [0, 0.05) is 52.7 Å². The molecule has 1 aromatic carbocycles. The van der Waals surface area contributed by atoms with E-state index < -0.39 is 0 Å². The topological polar surface area (TPSA) is 67.1 Å². The first-order valence-corrected chi connectivity index (χ1v) is 18.0. The largest absolute Gasteiger partial charge is 0.469 e. The lowest BCUT2D eigenvalue weighted by molar-refractivity contribution is 0.409. The first-order valence-electron chi connectivity index (χ1n) is 18.0. The SMILES string of the molecule is C.C.C.C.CC(C)(C)C1=CC=CC1.CC(C)(C)c1ccc2c(c1)N=CC2.CC(C)(C)c1ccccn1.CC(C)(C)c1ccco1.CC(C)(C)c1cnc[nH]1. The van der Waals surface area contributed by atoms with Crippen LogP contribution in [0.5, 0.6) is 0 Å². The van der Waals surface area contributed by atoms with Crippen LogP contribution in [0, 0.1) is 5.41 Å². The molecule has 4 heterocycles. The number of benzene rings is 1.